The van der Waals surface area contributed by atoms with E-state index >= 15 is 0 Å². The quantitative estimate of drug-likeness (QED) is 0.897. The molecule has 19 heavy (non-hydrogen) atoms. The lowest BCUT2D eigenvalue weighted by atomic mass is 10.0. The van der Waals surface area contributed by atoms with Crippen LogP contribution in [0.15, 0.2) is 24.3 Å². The number of nitrogens with zero attached hydrogens (tertiary/aromatic N) is 2. The number of rotatable bonds is 3. The van der Waals surface area contributed by atoms with E-state index in [9.17, 15) is 9.90 Å². The first-order valence-corrected chi connectivity index (χ1v) is 6.78. The van der Waals surface area contributed by atoms with E-state index in [1.807, 2.05) is 11.9 Å². The van der Waals surface area contributed by atoms with Gasteiger partial charge in [0, 0.05) is 13.1 Å². The summed E-state index contributed by atoms with van der Waals surface area (Å²) in [6.07, 6.45) is 2.51. The van der Waals surface area contributed by atoms with Crippen molar-refractivity contribution in [3.8, 4) is 5.75 Å². The molecule has 1 saturated heterocycles. The zero-order valence-corrected chi connectivity index (χ0v) is 11.7. The van der Waals surface area contributed by atoms with Crippen molar-refractivity contribution in [1.29, 1.82) is 0 Å². The van der Waals surface area contributed by atoms with Crippen LogP contribution in [0.3, 0.4) is 0 Å². The minimum absolute atomic E-state index is 0.153. The largest absolute Gasteiger partial charge is 0.508 e. The Kier molecular flexibility index (Phi) is 4.43. The maximum absolute atomic E-state index is 12.2. The van der Waals surface area contributed by atoms with Gasteiger partial charge in [0.15, 0.2) is 0 Å². The van der Waals surface area contributed by atoms with Crippen molar-refractivity contribution in [2.24, 2.45) is 0 Å². The maximum Gasteiger partial charge on any atom is 0.226 e. The average Bonchev–Trinajstić information content (AvgIpc) is 2.41. The smallest absolute Gasteiger partial charge is 0.226 e. The van der Waals surface area contributed by atoms with Gasteiger partial charge in [-0.3, -0.25) is 4.79 Å². The number of phenolic OH excluding ortho intramolecular Hbond substituents is 1. The Morgan fingerprint density at radius 2 is 1.89 bits per heavy atom. The molecule has 1 fully saturated rings. The van der Waals surface area contributed by atoms with Crippen molar-refractivity contribution in [1.82, 2.24) is 9.80 Å². The number of phenols is 1. The number of carbonyl (C=O) groups excluding carboxylic acids is 1. The van der Waals surface area contributed by atoms with Crippen molar-refractivity contribution in [3.63, 3.8) is 0 Å². The van der Waals surface area contributed by atoms with E-state index in [-0.39, 0.29) is 11.7 Å². The first-order chi connectivity index (χ1) is 9.06. The minimum atomic E-state index is 0.153. The van der Waals surface area contributed by atoms with Crippen molar-refractivity contribution in [2.45, 2.75) is 25.3 Å². The summed E-state index contributed by atoms with van der Waals surface area (Å²) in [6, 6.07) is 7.21. The Balaban J connectivity index is 1.90. The van der Waals surface area contributed by atoms with Crippen molar-refractivity contribution >= 4 is 5.91 Å². The van der Waals surface area contributed by atoms with Crippen molar-refractivity contribution in [2.75, 3.05) is 27.2 Å². The fraction of sp³-hybridized carbons (Fsp3) is 0.533. The maximum atomic E-state index is 12.2. The number of likely N-dealkylation sites (tertiary alicyclic amines) is 1. The highest BCUT2D eigenvalue weighted by atomic mass is 16.3. The molecule has 0 aromatic heterocycles. The first-order valence-electron chi connectivity index (χ1n) is 6.78. The minimum Gasteiger partial charge on any atom is -0.508 e. The molecule has 104 valence electrons. The van der Waals surface area contributed by atoms with Gasteiger partial charge in [0.1, 0.15) is 5.75 Å². The molecule has 4 nitrogen and oxygen atoms in total. The Morgan fingerprint density at radius 3 is 2.47 bits per heavy atom. The molecule has 1 N–H and O–H groups in total. The molecule has 0 aliphatic carbocycles. The monoisotopic (exact) mass is 262 g/mol. The second-order valence-electron chi connectivity index (χ2n) is 5.38. The Morgan fingerprint density at radius 1 is 1.32 bits per heavy atom. The van der Waals surface area contributed by atoms with Gasteiger partial charge in [0.2, 0.25) is 5.91 Å². The van der Waals surface area contributed by atoms with Crippen LogP contribution in [0, 0.1) is 0 Å². The Hall–Kier alpha value is -1.55. The highest BCUT2D eigenvalue weighted by molar-refractivity contribution is 5.78. The summed E-state index contributed by atoms with van der Waals surface area (Å²) in [7, 11) is 4.02. The van der Waals surface area contributed by atoms with Gasteiger partial charge in [-0.1, -0.05) is 12.1 Å². The topological polar surface area (TPSA) is 43.8 Å². The van der Waals surface area contributed by atoms with E-state index in [0.29, 0.717) is 12.5 Å². The van der Waals surface area contributed by atoms with Gasteiger partial charge < -0.3 is 14.9 Å². The second-order valence-corrected chi connectivity index (χ2v) is 5.38. The SMILES string of the molecule is CN1CCC(N(C)C(=O)Cc2ccc(O)cc2)CC1. The molecule has 1 amide bonds. The van der Waals surface area contributed by atoms with E-state index < -0.39 is 0 Å². The van der Waals surface area contributed by atoms with Crippen LogP contribution >= 0.6 is 0 Å². The predicted molar refractivity (Wildman–Crippen MR) is 75.1 cm³/mol. The van der Waals surface area contributed by atoms with E-state index in [2.05, 4.69) is 11.9 Å². The van der Waals surface area contributed by atoms with Gasteiger partial charge in [-0.25, -0.2) is 0 Å². The number of hydrogen-bond acceptors (Lipinski definition) is 3. The predicted octanol–water partition coefficient (Wildman–Crippen LogP) is 1.49. The Labute approximate surface area is 114 Å². The van der Waals surface area contributed by atoms with Crippen LogP contribution in [0.1, 0.15) is 18.4 Å². The average molecular weight is 262 g/mol. The molecular weight excluding hydrogens is 240 g/mol. The highest BCUT2D eigenvalue weighted by Crippen LogP contribution is 2.16. The summed E-state index contributed by atoms with van der Waals surface area (Å²) in [6.45, 7) is 2.11. The van der Waals surface area contributed by atoms with Crippen LogP contribution in [0.4, 0.5) is 0 Å². The third-order valence-corrected chi connectivity index (χ3v) is 3.92. The summed E-state index contributed by atoms with van der Waals surface area (Å²) < 4.78 is 0. The molecule has 1 aromatic carbocycles. The number of benzene rings is 1. The molecule has 1 aliphatic rings. The Bertz CT molecular complexity index is 422. The van der Waals surface area contributed by atoms with Crippen LogP contribution in [0.2, 0.25) is 0 Å². The molecule has 1 aliphatic heterocycles. The fourth-order valence-electron chi connectivity index (χ4n) is 2.50. The van der Waals surface area contributed by atoms with E-state index in [4.69, 9.17) is 0 Å². The van der Waals surface area contributed by atoms with E-state index in [1.165, 1.54) is 0 Å². The molecule has 1 aromatic rings. The third kappa shape index (κ3) is 3.70. The molecular formula is C15H22N2O2. The fourth-order valence-corrected chi connectivity index (χ4v) is 2.50. The summed E-state index contributed by atoms with van der Waals surface area (Å²) in [5.41, 5.74) is 0.947. The van der Waals surface area contributed by atoms with Gasteiger partial charge in [-0.15, -0.1) is 0 Å². The molecule has 0 saturated carbocycles. The molecule has 0 radical (unpaired) electrons. The first kappa shape index (κ1) is 13.9. The molecule has 0 atom stereocenters. The second kappa shape index (κ2) is 6.06. The van der Waals surface area contributed by atoms with Gasteiger partial charge >= 0.3 is 0 Å². The zero-order valence-electron chi connectivity index (χ0n) is 11.7. The zero-order chi connectivity index (χ0) is 13.8. The number of likely N-dealkylation sites (N-methyl/N-ethyl adjacent to an activating group) is 1. The number of aromatic hydroxyl groups is 1. The molecule has 1 heterocycles. The summed E-state index contributed by atoms with van der Waals surface area (Å²) in [5.74, 6) is 0.389. The lowest BCUT2D eigenvalue weighted by Crippen LogP contribution is -2.44. The standard InChI is InChI=1S/C15H22N2O2/c1-16-9-7-13(8-10-16)17(2)15(19)11-12-3-5-14(18)6-4-12/h3-6,13,18H,7-11H2,1-2H3. The lowest BCUT2D eigenvalue weighted by Gasteiger charge is -2.35. The summed E-state index contributed by atoms with van der Waals surface area (Å²) >= 11 is 0. The van der Waals surface area contributed by atoms with Crippen LogP contribution in [-0.4, -0.2) is 54.0 Å². The van der Waals surface area contributed by atoms with Crippen molar-refractivity contribution in [3.05, 3.63) is 29.8 Å². The molecule has 4 heteroatoms. The molecule has 2 rings (SSSR count). The van der Waals surface area contributed by atoms with Gasteiger partial charge in [-0.05, 0) is 50.7 Å². The van der Waals surface area contributed by atoms with Crippen LogP contribution in [-0.2, 0) is 11.2 Å². The van der Waals surface area contributed by atoms with Gasteiger partial charge in [0.05, 0.1) is 6.42 Å². The molecule has 0 spiro atoms. The van der Waals surface area contributed by atoms with Crippen LogP contribution < -0.4 is 0 Å². The molecule has 0 unspecified atom stereocenters. The van der Waals surface area contributed by atoms with E-state index in [0.717, 1.165) is 31.5 Å². The number of hydrogen-bond donors (Lipinski definition) is 1. The number of piperidine rings is 1. The van der Waals surface area contributed by atoms with Crippen LogP contribution in [0.25, 0.3) is 0 Å². The lowest BCUT2D eigenvalue weighted by molar-refractivity contribution is -0.132. The molecule has 0 bridgehead atoms. The highest BCUT2D eigenvalue weighted by Gasteiger charge is 2.23. The third-order valence-electron chi connectivity index (χ3n) is 3.92. The van der Waals surface area contributed by atoms with E-state index in [1.54, 1.807) is 24.3 Å². The number of carbonyl (C=O) groups is 1. The van der Waals surface area contributed by atoms with Gasteiger partial charge in [-0.2, -0.15) is 0 Å². The normalized spacial score (nSPS) is 17.4. The summed E-state index contributed by atoms with van der Waals surface area (Å²) in [4.78, 5) is 16.4. The van der Waals surface area contributed by atoms with Crippen molar-refractivity contribution < 1.29 is 9.90 Å². The summed E-state index contributed by atoms with van der Waals surface area (Å²) in [5, 5.41) is 9.23. The van der Waals surface area contributed by atoms with Crippen LogP contribution in [0.5, 0.6) is 5.75 Å². The van der Waals surface area contributed by atoms with Gasteiger partial charge in [0.25, 0.3) is 0 Å². The number of amides is 1.